The maximum Gasteiger partial charge on any atom is 0.251 e. The molecule has 1 rings (SSSR count). The Morgan fingerprint density at radius 3 is 2.61 bits per heavy atom. The number of benzene rings is 1. The molecule has 0 aliphatic heterocycles. The lowest BCUT2D eigenvalue weighted by Crippen LogP contribution is -2.26. The van der Waals surface area contributed by atoms with Crippen molar-refractivity contribution >= 4 is 21.4 Å². The highest BCUT2D eigenvalue weighted by molar-refractivity contribution is 7.90. The van der Waals surface area contributed by atoms with Crippen molar-refractivity contribution in [2.75, 3.05) is 24.3 Å². The molecule has 5 nitrogen and oxygen atoms in total. The van der Waals surface area contributed by atoms with Gasteiger partial charge in [-0.05, 0) is 31.0 Å². The Labute approximate surface area is 107 Å². The van der Waals surface area contributed by atoms with Crippen LogP contribution in [0.1, 0.15) is 22.3 Å². The van der Waals surface area contributed by atoms with Gasteiger partial charge in [0.1, 0.15) is 9.84 Å². The van der Waals surface area contributed by atoms with E-state index < -0.39 is 9.84 Å². The molecule has 0 aliphatic rings. The van der Waals surface area contributed by atoms with Gasteiger partial charge in [0.2, 0.25) is 0 Å². The SMILES string of the molecule is Cc1ccc(C(=O)NCCCS(C)(=O)=O)cc1N. The summed E-state index contributed by atoms with van der Waals surface area (Å²) >= 11 is 0. The van der Waals surface area contributed by atoms with Crippen LogP contribution in [0.5, 0.6) is 0 Å². The van der Waals surface area contributed by atoms with Gasteiger partial charge in [0.15, 0.2) is 0 Å². The number of nitrogen functional groups attached to an aromatic ring is 1. The number of amides is 1. The first-order chi connectivity index (χ1) is 8.29. The Balaban J connectivity index is 2.48. The molecule has 0 heterocycles. The molecule has 0 spiro atoms. The lowest BCUT2D eigenvalue weighted by Gasteiger charge is -2.06. The van der Waals surface area contributed by atoms with Crippen LogP contribution in [0.2, 0.25) is 0 Å². The van der Waals surface area contributed by atoms with E-state index in [1.54, 1.807) is 18.2 Å². The Bertz CT molecular complexity index is 538. The van der Waals surface area contributed by atoms with E-state index in [9.17, 15) is 13.2 Å². The number of nitrogens with two attached hydrogens (primary N) is 1. The summed E-state index contributed by atoms with van der Waals surface area (Å²) in [5.74, 6) is -0.168. The normalized spacial score (nSPS) is 11.2. The quantitative estimate of drug-likeness (QED) is 0.610. The zero-order valence-corrected chi connectivity index (χ0v) is 11.4. The number of hydrogen-bond donors (Lipinski definition) is 2. The van der Waals surface area contributed by atoms with Gasteiger partial charge < -0.3 is 11.1 Å². The van der Waals surface area contributed by atoms with E-state index in [-0.39, 0.29) is 11.7 Å². The smallest absolute Gasteiger partial charge is 0.251 e. The van der Waals surface area contributed by atoms with E-state index in [1.807, 2.05) is 6.92 Å². The third kappa shape index (κ3) is 4.75. The van der Waals surface area contributed by atoms with Crippen molar-refractivity contribution < 1.29 is 13.2 Å². The van der Waals surface area contributed by atoms with Gasteiger partial charge >= 0.3 is 0 Å². The predicted molar refractivity (Wildman–Crippen MR) is 72.3 cm³/mol. The van der Waals surface area contributed by atoms with Crippen molar-refractivity contribution in [3.63, 3.8) is 0 Å². The van der Waals surface area contributed by atoms with Gasteiger partial charge in [0, 0.05) is 24.1 Å². The fourth-order valence-electron chi connectivity index (χ4n) is 1.42. The fourth-order valence-corrected chi connectivity index (χ4v) is 2.09. The molecule has 0 fully saturated rings. The molecule has 1 amide bonds. The predicted octanol–water partition coefficient (Wildman–Crippen LogP) is 0.742. The maximum atomic E-state index is 11.7. The Morgan fingerprint density at radius 1 is 1.39 bits per heavy atom. The number of aryl methyl sites for hydroxylation is 1. The molecule has 0 atom stereocenters. The molecule has 100 valence electrons. The minimum Gasteiger partial charge on any atom is -0.398 e. The number of hydrogen-bond acceptors (Lipinski definition) is 4. The summed E-state index contributed by atoms with van der Waals surface area (Å²) in [6, 6.07) is 5.08. The third-order valence-electron chi connectivity index (χ3n) is 2.52. The summed E-state index contributed by atoms with van der Waals surface area (Å²) in [7, 11) is -2.97. The van der Waals surface area contributed by atoms with E-state index in [1.165, 1.54) is 6.26 Å². The molecule has 3 N–H and O–H groups in total. The molecular weight excluding hydrogens is 252 g/mol. The second-order valence-electron chi connectivity index (χ2n) is 4.31. The molecule has 6 heteroatoms. The van der Waals surface area contributed by atoms with Crippen LogP contribution in [-0.4, -0.2) is 32.9 Å². The van der Waals surface area contributed by atoms with Crippen LogP contribution >= 0.6 is 0 Å². The van der Waals surface area contributed by atoms with Crippen molar-refractivity contribution in [2.45, 2.75) is 13.3 Å². The number of sulfone groups is 1. The highest BCUT2D eigenvalue weighted by Gasteiger charge is 2.07. The average molecular weight is 270 g/mol. The third-order valence-corrected chi connectivity index (χ3v) is 3.55. The van der Waals surface area contributed by atoms with Gasteiger partial charge in [0.05, 0.1) is 5.75 Å². The van der Waals surface area contributed by atoms with E-state index in [4.69, 9.17) is 5.73 Å². The topological polar surface area (TPSA) is 89.3 Å². The molecular formula is C12H18N2O3S. The van der Waals surface area contributed by atoms with E-state index >= 15 is 0 Å². The molecule has 1 aromatic carbocycles. The van der Waals surface area contributed by atoms with Gasteiger partial charge in [-0.1, -0.05) is 6.07 Å². The van der Waals surface area contributed by atoms with Crippen LogP contribution in [0.25, 0.3) is 0 Å². The number of anilines is 1. The number of rotatable bonds is 5. The summed E-state index contributed by atoms with van der Waals surface area (Å²) < 4.78 is 21.8. The molecule has 0 aliphatic carbocycles. The highest BCUT2D eigenvalue weighted by Crippen LogP contribution is 2.12. The lowest BCUT2D eigenvalue weighted by atomic mass is 10.1. The highest BCUT2D eigenvalue weighted by atomic mass is 32.2. The standard InChI is InChI=1S/C12H18N2O3S/c1-9-4-5-10(8-11(9)13)12(15)14-6-3-7-18(2,16)17/h4-5,8H,3,6-7,13H2,1-2H3,(H,14,15). The Morgan fingerprint density at radius 2 is 2.06 bits per heavy atom. The average Bonchev–Trinajstić information content (AvgIpc) is 2.26. The zero-order valence-electron chi connectivity index (χ0n) is 10.6. The Kier molecular flexibility index (Phi) is 4.72. The van der Waals surface area contributed by atoms with E-state index in [0.29, 0.717) is 24.2 Å². The van der Waals surface area contributed by atoms with Crippen LogP contribution < -0.4 is 11.1 Å². The number of nitrogens with one attached hydrogen (secondary N) is 1. The van der Waals surface area contributed by atoms with E-state index in [2.05, 4.69) is 5.32 Å². The minimum atomic E-state index is -2.97. The molecule has 18 heavy (non-hydrogen) atoms. The summed E-state index contributed by atoms with van der Waals surface area (Å²) in [6.07, 6.45) is 1.58. The Hall–Kier alpha value is -1.56. The number of carbonyl (C=O) groups is 1. The monoisotopic (exact) mass is 270 g/mol. The number of carbonyl (C=O) groups excluding carboxylic acids is 1. The fraction of sp³-hybridized carbons (Fsp3) is 0.417. The maximum absolute atomic E-state index is 11.7. The summed E-state index contributed by atoms with van der Waals surface area (Å²) in [4.78, 5) is 11.7. The molecule has 0 radical (unpaired) electrons. The summed E-state index contributed by atoms with van der Waals surface area (Å²) in [5.41, 5.74) is 7.68. The van der Waals surface area contributed by atoms with Crippen LogP contribution in [-0.2, 0) is 9.84 Å². The van der Waals surface area contributed by atoms with Crippen molar-refractivity contribution in [1.82, 2.24) is 5.32 Å². The van der Waals surface area contributed by atoms with Crippen molar-refractivity contribution in [3.8, 4) is 0 Å². The largest absolute Gasteiger partial charge is 0.398 e. The molecule has 0 aromatic heterocycles. The molecule has 0 saturated carbocycles. The van der Waals surface area contributed by atoms with Gasteiger partial charge in [-0.15, -0.1) is 0 Å². The summed E-state index contributed by atoms with van der Waals surface area (Å²) in [6.45, 7) is 2.20. The second-order valence-corrected chi connectivity index (χ2v) is 6.57. The van der Waals surface area contributed by atoms with Crippen molar-refractivity contribution in [2.24, 2.45) is 0 Å². The second kappa shape index (κ2) is 5.86. The van der Waals surface area contributed by atoms with Crippen LogP contribution in [0, 0.1) is 6.92 Å². The van der Waals surface area contributed by atoms with Crippen LogP contribution in [0.15, 0.2) is 18.2 Å². The molecule has 0 unspecified atom stereocenters. The van der Waals surface area contributed by atoms with Crippen LogP contribution in [0.3, 0.4) is 0 Å². The molecule has 0 saturated heterocycles. The first kappa shape index (κ1) is 14.5. The lowest BCUT2D eigenvalue weighted by molar-refractivity contribution is 0.0953. The zero-order chi connectivity index (χ0) is 13.8. The van der Waals surface area contributed by atoms with Crippen molar-refractivity contribution in [3.05, 3.63) is 29.3 Å². The van der Waals surface area contributed by atoms with Gasteiger partial charge in [-0.25, -0.2) is 8.42 Å². The first-order valence-corrected chi connectivity index (χ1v) is 7.68. The van der Waals surface area contributed by atoms with E-state index in [0.717, 1.165) is 5.56 Å². The minimum absolute atomic E-state index is 0.0727. The van der Waals surface area contributed by atoms with Gasteiger partial charge in [-0.2, -0.15) is 0 Å². The first-order valence-electron chi connectivity index (χ1n) is 5.61. The van der Waals surface area contributed by atoms with Gasteiger partial charge in [-0.3, -0.25) is 4.79 Å². The van der Waals surface area contributed by atoms with Gasteiger partial charge in [0.25, 0.3) is 5.91 Å². The molecule has 1 aromatic rings. The van der Waals surface area contributed by atoms with Crippen LogP contribution in [0.4, 0.5) is 5.69 Å². The summed E-state index contributed by atoms with van der Waals surface area (Å²) in [5, 5.41) is 2.66. The van der Waals surface area contributed by atoms with Crippen molar-refractivity contribution in [1.29, 1.82) is 0 Å². The molecule has 0 bridgehead atoms.